The van der Waals surface area contributed by atoms with E-state index in [1.807, 2.05) is 0 Å². The Morgan fingerprint density at radius 2 is 2.14 bits per heavy atom. The third kappa shape index (κ3) is 4.02. The third-order valence-electron chi connectivity index (χ3n) is 4.13. The molecular formula is C14H21BrClNO2S2. The fourth-order valence-corrected chi connectivity index (χ4v) is 7.00. The summed E-state index contributed by atoms with van der Waals surface area (Å²) in [4.78, 5) is 1.24. The van der Waals surface area contributed by atoms with Crippen LogP contribution in [0.2, 0.25) is 0 Å². The lowest BCUT2D eigenvalue weighted by atomic mass is 9.89. The molecule has 0 N–H and O–H groups in total. The van der Waals surface area contributed by atoms with Crippen molar-refractivity contribution in [1.82, 2.24) is 4.31 Å². The molecule has 0 saturated carbocycles. The summed E-state index contributed by atoms with van der Waals surface area (Å²) < 4.78 is 27.9. The van der Waals surface area contributed by atoms with E-state index in [0.717, 1.165) is 24.1 Å². The number of nitrogens with zero attached hydrogens (tertiary/aromatic N) is 1. The van der Waals surface area contributed by atoms with Crippen molar-refractivity contribution in [2.75, 3.05) is 13.1 Å². The van der Waals surface area contributed by atoms with E-state index in [9.17, 15) is 8.42 Å². The minimum absolute atomic E-state index is 0.341. The number of halogens is 2. The second-order valence-electron chi connectivity index (χ2n) is 5.82. The molecule has 1 aromatic rings. The second kappa shape index (κ2) is 7.30. The van der Waals surface area contributed by atoms with Gasteiger partial charge < -0.3 is 0 Å². The number of hydrogen-bond acceptors (Lipinski definition) is 3. The highest BCUT2D eigenvalue weighted by atomic mass is 79.9. The zero-order valence-electron chi connectivity index (χ0n) is 12.3. The quantitative estimate of drug-likeness (QED) is 0.670. The van der Waals surface area contributed by atoms with E-state index < -0.39 is 10.0 Å². The number of thiophene rings is 1. The Labute approximate surface area is 144 Å². The van der Waals surface area contributed by atoms with E-state index in [4.69, 9.17) is 11.6 Å². The van der Waals surface area contributed by atoms with Gasteiger partial charge in [0.25, 0.3) is 0 Å². The van der Waals surface area contributed by atoms with Crippen LogP contribution in [0.1, 0.15) is 38.0 Å². The molecule has 1 aliphatic heterocycles. The van der Waals surface area contributed by atoms with E-state index in [1.54, 1.807) is 10.4 Å². The summed E-state index contributed by atoms with van der Waals surface area (Å²) in [5.74, 6) is 1.58. The van der Waals surface area contributed by atoms with Crippen molar-refractivity contribution in [3.8, 4) is 0 Å². The zero-order valence-corrected chi connectivity index (χ0v) is 16.3. The van der Waals surface area contributed by atoms with Crippen molar-refractivity contribution >= 4 is 48.9 Å². The van der Waals surface area contributed by atoms with Gasteiger partial charge in [-0.25, -0.2) is 8.42 Å². The van der Waals surface area contributed by atoms with Crippen molar-refractivity contribution < 1.29 is 8.42 Å². The maximum Gasteiger partial charge on any atom is 0.245 e. The average Bonchev–Trinajstić information content (AvgIpc) is 2.65. The van der Waals surface area contributed by atoms with E-state index >= 15 is 0 Å². The summed E-state index contributed by atoms with van der Waals surface area (Å²) >= 11 is 10.6. The van der Waals surface area contributed by atoms with Gasteiger partial charge in [0, 0.05) is 18.0 Å². The van der Waals surface area contributed by atoms with Crippen LogP contribution in [-0.2, 0) is 15.9 Å². The minimum Gasteiger partial charge on any atom is -0.207 e. The lowest BCUT2D eigenvalue weighted by molar-refractivity contribution is 0.341. The molecule has 0 bridgehead atoms. The van der Waals surface area contributed by atoms with E-state index in [2.05, 4.69) is 29.8 Å². The Morgan fingerprint density at radius 1 is 1.43 bits per heavy atom. The van der Waals surface area contributed by atoms with Crippen LogP contribution in [0, 0.1) is 11.8 Å². The van der Waals surface area contributed by atoms with E-state index in [0.29, 0.717) is 39.5 Å². The summed E-state index contributed by atoms with van der Waals surface area (Å²) in [5, 5.41) is 0. The first-order valence-electron chi connectivity index (χ1n) is 7.20. The molecule has 1 fully saturated rings. The van der Waals surface area contributed by atoms with Crippen LogP contribution in [0.5, 0.6) is 0 Å². The molecule has 1 aromatic heterocycles. The van der Waals surface area contributed by atoms with Crippen molar-refractivity contribution in [3.05, 3.63) is 14.7 Å². The Kier molecular flexibility index (Phi) is 6.16. The van der Waals surface area contributed by atoms with Gasteiger partial charge in [-0.1, -0.05) is 13.8 Å². The van der Waals surface area contributed by atoms with Crippen molar-refractivity contribution in [1.29, 1.82) is 0 Å². The predicted octanol–water partition coefficient (Wildman–Crippen LogP) is 4.70. The molecule has 2 heterocycles. The monoisotopic (exact) mass is 413 g/mol. The number of sulfonamides is 1. The highest BCUT2D eigenvalue weighted by Gasteiger charge is 2.31. The molecule has 2 rings (SSSR count). The molecular weight excluding hydrogens is 394 g/mol. The molecule has 1 unspecified atom stereocenters. The average molecular weight is 415 g/mol. The molecule has 120 valence electrons. The SMILES string of the molecule is CC(C)C1CCCN(S(=O)(=O)c2cc(CCl)sc2Br)CC1. The molecule has 21 heavy (non-hydrogen) atoms. The first-order chi connectivity index (χ1) is 9.86. The van der Waals surface area contributed by atoms with Gasteiger partial charge in [0.05, 0.1) is 9.67 Å². The highest BCUT2D eigenvalue weighted by molar-refractivity contribution is 9.11. The lowest BCUT2D eigenvalue weighted by Crippen LogP contribution is -2.32. The first kappa shape index (κ1) is 17.7. The fourth-order valence-electron chi connectivity index (χ4n) is 2.78. The van der Waals surface area contributed by atoms with Crippen LogP contribution in [-0.4, -0.2) is 25.8 Å². The normalized spacial score (nSPS) is 21.7. The van der Waals surface area contributed by atoms with Gasteiger partial charge in [0.15, 0.2) is 0 Å². The molecule has 1 aliphatic rings. The van der Waals surface area contributed by atoms with E-state index in [1.165, 1.54) is 11.3 Å². The van der Waals surface area contributed by atoms with Gasteiger partial charge in [0.1, 0.15) is 4.90 Å². The molecule has 7 heteroatoms. The maximum absolute atomic E-state index is 12.8. The topological polar surface area (TPSA) is 37.4 Å². The van der Waals surface area contributed by atoms with Gasteiger partial charge in [0.2, 0.25) is 10.0 Å². The van der Waals surface area contributed by atoms with Crippen molar-refractivity contribution in [2.24, 2.45) is 11.8 Å². The van der Waals surface area contributed by atoms with Crippen LogP contribution >= 0.6 is 38.9 Å². The van der Waals surface area contributed by atoms with Crippen LogP contribution < -0.4 is 0 Å². The summed E-state index contributed by atoms with van der Waals surface area (Å²) in [7, 11) is -3.42. The van der Waals surface area contributed by atoms with Crippen LogP contribution in [0.3, 0.4) is 0 Å². The molecule has 0 aliphatic carbocycles. The highest BCUT2D eigenvalue weighted by Crippen LogP contribution is 2.35. The summed E-state index contributed by atoms with van der Waals surface area (Å²) in [6.07, 6.45) is 2.99. The second-order valence-corrected chi connectivity index (χ2v) is 10.5. The molecule has 1 saturated heterocycles. The van der Waals surface area contributed by atoms with Crippen LogP contribution in [0.15, 0.2) is 14.7 Å². The van der Waals surface area contributed by atoms with Gasteiger partial charge in [-0.3, -0.25) is 0 Å². The number of hydrogen-bond donors (Lipinski definition) is 0. The fraction of sp³-hybridized carbons (Fsp3) is 0.714. The largest absolute Gasteiger partial charge is 0.245 e. The Morgan fingerprint density at radius 3 is 2.71 bits per heavy atom. The van der Waals surface area contributed by atoms with Crippen molar-refractivity contribution in [2.45, 2.75) is 43.9 Å². The van der Waals surface area contributed by atoms with Gasteiger partial charge >= 0.3 is 0 Å². The Balaban J connectivity index is 2.21. The smallest absolute Gasteiger partial charge is 0.207 e. The standard InChI is InChI=1S/C14H21BrClNO2S2/c1-10(2)11-4-3-6-17(7-5-11)21(18,19)13-8-12(9-16)20-14(13)15/h8,10-11H,3-7,9H2,1-2H3. The zero-order chi connectivity index (χ0) is 15.6. The van der Waals surface area contributed by atoms with Crippen molar-refractivity contribution in [3.63, 3.8) is 0 Å². The molecule has 1 atom stereocenters. The minimum atomic E-state index is -3.42. The lowest BCUT2D eigenvalue weighted by Gasteiger charge is -2.21. The number of alkyl halides is 1. The Bertz CT molecular complexity index is 586. The third-order valence-corrected chi connectivity index (χ3v) is 8.73. The summed E-state index contributed by atoms with van der Waals surface area (Å²) in [5.41, 5.74) is 0. The first-order valence-corrected chi connectivity index (χ1v) is 10.8. The van der Waals surface area contributed by atoms with Gasteiger partial charge in [-0.15, -0.1) is 22.9 Å². The van der Waals surface area contributed by atoms with Crippen LogP contribution in [0.25, 0.3) is 0 Å². The molecule has 3 nitrogen and oxygen atoms in total. The molecule has 0 spiro atoms. The van der Waals surface area contributed by atoms with E-state index in [-0.39, 0.29) is 0 Å². The van der Waals surface area contributed by atoms with Crippen LogP contribution in [0.4, 0.5) is 0 Å². The molecule has 0 amide bonds. The summed E-state index contributed by atoms with van der Waals surface area (Å²) in [6.45, 7) is 5.67. The number of rotatable bonds is 4. The summed E-state index contributed by atoms with van der Waals surface area (Å²) in [6, 6.07) is 1.70. The Hall–Kier alpha value is 0.380. The predicted molar refractivity (Wildman–Crippen MR) is 92.5 cm³/mol. The van der Waals surface area contributed by atoms with Gasteiger partial charge in [-0.2, -0.15) is 4.31 Å². The molecule has 0 radical (unpaired) electrons. The maximum atomic E-state index is 12.8. The molecule has 0 aromatic carbocycles. The van der Waals surface area contributed by atoms with Gasteiger partial charge in [-0.05, 0) is 53.1 Å².